The number of carboxylic acid groups (broad SMARTS) is 1. The minimum Gasteiger partial charge on any atom is -0.480 e. The quantitative estimate of drug-likeness (QED) is 0.599. The van der Waals surface area contributed by atoms with Crippen molar-refractivity contribution < 1.29 is 14.8 Å². The fourth-order valence-electron chi connectivity index (χ4n) is 1.92. The molecular weight excluding hydrogens is 262 g/mol. The number of benzene rings is 1. The second-order valence-electron chi connectivity index (χ2n) is 4.80. The van der Waals surface area contributed by atoms with E-state index in [2.05, 4.69) is 0 Å². The number of nitro benzene ring substituents is 1. The van der Waals surface area contributed by atoms with E-state index in [-0.39, 0.29) is 12.2 Å². The van der Waals surface area contributed by atoms with Gasteiger partial charge in [-0.3, -0.25) is 14.9 Å². The van der Waals surface area contributed by atoms with Crippen LogP contribution in [0.15, 0.2) is 18.2 Å². The number of hydrogen-bond donors (Lipinski definition) is 1. The molecule has 1 rings (SSSR count). The summed E-state index contributed by atoms with van der Waals surface area (Å²) in [5.41, 5.74) is 1.07. The topological polar surface area (TPSA) is 86.9 Å². The number of nitro groups is 1. The summed E-state index contributed by atoms with van der Waals surface area (Å²) in [5, 5.41) is 19.9. The van der Waals surface area contributed by atoms with Gasteiger partial charge in [0.2, 0.25) is 0 Å². The summed E-state index contributed by atoms with van der Waals surface area (Å²) in [7, 11) is 3.78. The Labute approximate surface area is 117 Å². The normalized spacial score (nSPS) is 10.6. The van der Waals surface area contributed by atoms with E-state index in [0.717, 1.165) is 0 Å². The van der Waals surface area contributed by atoms with E-state index < -0.39 is 10.9 Å². The fourth-order valence-corrected chi connectivity index (χ4v) is 1.92. The molecule has 1 aromatic rings. The van der Waals surface area contributed by atoms with Crippen molar-refractivity contribution in [3.05, 3.63) is 33.9 Å². The molecule has 7 heteroatoms. The van der Waals surface area contributed by atoms with Crippen LogP contribution < -0.4 is 4.90 Å². The summed E-state index contributed by atoms with van der Waals surface area (Å²) >= 11 is 0. The molecule has 0 amide bonds. The van der Waals surface area contributed by atoms with Crippen LogP contribution in [0.1, 0.15) is 5.56 Å². The highest BCUT2D eigenvalue weighted by Gasteiger charge is 2.19. The lowest BCUT2D eigenvalue weighted by Gasteiger charge is -2.26. The van der Waals surface area contributed by atoms with Crippen molar-refractivity contribution in [2.24, 2.45) is 0 Å². The molecule has 0 saturated carbocycles. The summed E-state index contributed by atoms with van der Waals surface area (Å²) in [6, 6.07) is 4.70. The van der Waals surface area contributed by atoms with E-state index in [1.165, 1.54) is 6.07 Å². The maximum atomic E-state index is 11.0. The van der Waals surface area contributed by atoms with Crippen molar-refractivity contribution in [2.45, 2.75) is 6.92 Å². The molecule has 0 aliphatic heterocycles. The molecule has 0 unspecified atom stereocenters. The number of nitrogens with zero attached hydrogens (tertiary/aromatic N) is 3. The summed E-state index contributed by atoms with van der Waals surface area (Å²) in [4.78, 5) is 25.0. The first-order valence-corrected chi connectivity index (χ1v) is 6.18. The van der Waals surface area contributed by atoms with Gasteiger partial charge in [-0.2, -0.15) is 0 Å². The van der Waals surface area contributed by atoms with Crippen LogP contribution >= 0.6 is 0 Å². The number of carboxylic acids is 1. The molecule has 0 aromatic heterocycles. The molecule has 0 heterocycles. The van der Waals surface area contributed by atoms with Crippen LogP contribution in [0.25, 0.3) is 0 Å². The van der Waals surface area contributed by atoms with Gasteiger partial charge in [-0.15, -0.1) is 0 Å². The van der Waals surface area contributed by atoms with Gasteiger partial charge in [-0.05, 0) is 27.1 Å². The van der Waals surface area contributed by atoms with Gasteiger partial charge in [0.25, 0.3) is 5.69 Å². The van der Waals surface area contributed by atoms with E-state index in [4.69, 9.17) is 5.11 Å². The monoisotopic (exact) mass is 281 g/mol. The number of hydrogen-bond acceptors (Lipinski definition) is 5. The largest absolute Gasteiger partial charge is 0.480 e. The Morgan fingerprint density at radius 1 is 1.35 bits per heavy atom. The zero-order chi connectivity index (χ0) is 15.3. The second kappa shape index (κ2) is 6.85. The Morgan fingerprint density at radius 2 is 2.00 bits per heavy atom. The number of likely N-dealkylation sites (N-methyl/N-ethyl adjacent to an activating group) is 1. The number of aliphatic carboxylic acids is 1. The summed E-state index contributed by atoms with van der Waals surface area (Å²) in [5.74, 6) is -0.963. The Kier molecular flexibility index (Phi) is 5.45. The maximum absolute atomic E-state index is 11.0. The van der Waals surface area contributed by atoms with Crippen LogP contribution in [0.4, 0.5) is 11.4 Å². The van der Waals surface area contributed by atoms with E-state index in [9.17, 15) is 14.9 Å². The van der Waals surface area contributed by atoms with E-state index >= 15 is 0 Å². The van der Waals surface area contributed by atoms with Crippen LogP contribution in [0, 0.1) is 17.0 Å². The number of anilines is 1. The van der Waals surface area contributed by atoms with Crippen molar-refractivity contribution >= 4 is 17.3 Å². The minimum absolute atomic E-state index is 0.00254. The highest BCUT2D eigenvalue weighted by Crippen LogP contribution is 2.28. The standard InChI is InChI=1S/C13H19N3O4/c1-10-11(5-4-6-12(10)16(19)20)15(9-13(17)18)8-7-14(2)3/h4-6H,7-9H2,1-3H3,(H,17,18). The molecule has 0 saturated heterocycles. The van der Waals surface area contributed by atoms with Gasteiger partial charge in [-0.25, -0.2) is 0 Å². The molecule has 20 heavy (non-hydrogen) atoms. The Bertz CT molecular complexity index is 502. The first-order chi connectivity index (χ1) is 9.32. The lowest BCUT2D eigenvalue weighted by molar-refractivity contribution is -0.385. The predicted octanol–water partition coefficient (Wildman–Crippen LogP) is 1.36. The molecule has 0 atom stereocenters. The Morgan fingerprint density at radius 3 is 2.50 bits per heavy atom. The van der Waals surface area contributed by atoms with Crippen LogP contribution in [-0.4, -0.2) is 54.6 Å². The summed E-state index contributed by atoms with van der Waals surface area (Å²) < 4.78 is 0. The smallest absolute Gasteiger partial charge is 0.323 e. The second-order valence-corrected chi connectivity index (χ2v) is 4.80. The highest BCUT2D eigenvalue weighted by molar-refractivity contribution is 5.75. The maximum Gasteiger partial charge on any atom is 0.323 e. The molecule has 110 valence electrons. The molecule has 0 spiro atoms. The molecule has 0 fully saturated rings. The average Bonchev–Trinajstić information content (AvgIpc) is 2.34. The van der Waals surface area contributed by atoms with Crippen molar-refractivity contribution in [1.82, 2.24) is 4.90 Å². The van der Waals surface area contributed by atoms with Crippen molar-refractivity contribution in [3.8, 4) is 0 Å². The van der Waals surface area contributed by atoms with Gasteiger partial charge >= 0.3 is 5.97 Å². The molecular formula is C13H19N3O4. The first kappa shape index (κ1) is 15.9. The van der Waals surface area contributed by atoms with Gasteiger partial charge < -0.3 is 14.9 Å². The third-order valence-electron chi connectivity index (χ3n) is 2.96. The van der Waals surface area contributed by atoms with Crippen molar-refractivity contribution in [3.63, 3.8) is 0 Å². The van der Waals surface area contributed by atoms with Gasteiger partial charge in [0, 0.05) is 24.8 Å². The van der Waals surface area contributed by atoms with Gasteiger partial charge in [0.15, 0.2) is 0 Å². The fraction of sp³-hybridized carbons (Fsp3) is 0.462. The Balaban J connectivity index is 3.09. The van der Waals surface area contributed by atoms with Gasteiger partial charge in [0.1, 0.15) is 6.54 Å². The lowest BCUT2D eigenvalue weighted by Crippen LogP contribution is -2.36. The molecule has 0 aliphatic carbocycles. The first-order valence-electron chi connectivity index (χ1n) is 6.18. The van der Waals surface area contributed by atoms with Crippen molar-refractivity contribution in [1.29, 1.82) is 0 Å². The molecule has 0 bridgehead atoms. The van der Waals surface area contributed by atoms with E-state index in [1.807, 2.05) is 19.0 Å². The van der Waals surface area contributed by atoms with Crippen LogP contribution in [-0.2, 0) is 4.79 Å². The van der Waals surface area contributed by atoms with E-state index in [0.29, 0.717) is 24.3 Å². The molecule has 0 aliphatic rings. The van der Waals surface area contributed by atoms with Crippen LogP contribution in [0.2, 0.25) is 0 Å². The van der Waals surface area contributed by atoms with Crippen LogP contribution in [0.3, 0.4) is 0 Å². The molecule has 0 radical (unpaired) electrons. The highest BCUT2D eigenvalue weighted by atomic mass is 16.6. The third-order valence-corrected chi connectivity index (χ3v) is 2.96. The zero-order valence-electron chi connectivity index (χ0n) is 11.9. The van der Waals surface area contributed by atoms with Crippen molar-refractivity contribution in [2.75, 3.05) is 38.6 Å². The number of rotatable bonds is 7. The molecule has 7 nitrogen and oxygen atoms in total. The Hall–Kier alpha value is -2.15. The molecule has 1 N–H and O–H groups in total. The summed E-state index contributed by atoms with van der Waals surface area (Å²) in [6.07, 6.45) is 0. The summed E-state index contributed by atoms with van der Waals surface area (Å²) in [6.45, 7) is 2.60. The number of carbonyl (C=O) groups is 1. The predicted molar refractivity (Wildman–Crippen MR) is 76.2 cm³/mol. The molecule has 1 aromatic carbocycles. The third kappa shape index (κ3) is 4.20. The zero-order valence-corrected chi connectivity index (χ0v) is 11.9. The average molecular weight is 281 g/mol. The van der Waals surface area contributed by atoms with E-state index in [1.54, 1.807) is 24.0 Å². The lowest BCUT2D eigenvalue weighted by atomic mass is 10.1. The van der Waals surface area contributed by atoms with Gasteiger partial charge in [-0.1, -0.05) is 6.07 Å². The van der Waals surface area contributed by atoms with Crippen LogP contribution in [0.5, 0.6) is 0 Å². The minimum atomic E-state index is -0.963. The SMILES string of the molecule is Cc1c(N(CCN(C)C)CC(=O)O)cccc1[N+](=O)[O-]. The van der Waals surface area contributed by atoms with Gasteiger partial charge in [0.05, 0.1) is 10.5 Å².